The molecule has 1 aliphatic heterocycles. The molecule has 1 saturated heterocycles. The van der Waals surface area contributed by atoms with Crippen molar-refractivity contribution >= 4 is 0 Å². The maximum atomic E-state index is 15.0. The fourth-order valence-electron chi connectivity index (χ4n) is 3.88. The molecule has 140 valence electrons. The van der Waals surface area contributed by atoms with Crippen LogP contribution in [0.2, 0.25) is 0 Å². The monoisotopic (exact) mass is 354 g/mol. The van der Waals surface area contributed by atoms with Gasteiger partial charge in [-0.2, -0.15) is 0 Å². The summed E-state index contributed by atoms with van der Waals surface area (Å²) in [4.78, 5) is 0. The Morgan fingerprint density at radius 2 is 1.81 bits per heavy atom. The van der Waals surface area contributed by atoms with E-state index in [0.29, 0.717) is 17.6 Å². The van der Waals surface area contributed by atoms with Crippen molar-refractivity contribution in [1.82, 2.24) is 0 Å². The molecule has 0 radical (unpaired) electrons. The quantitative estimate of drug-likeness (QED) is 0.575. The van der Waals surface area contributed by atoms with Crippen molar-refractivity contribution in [1.29, 1.82) is 0 Å². The number of ether oxygens (including phenoxy) is 1. The molecule has 0 aromatic heterocycles. The van der Waals surface area contributed by atoms with Gasteiger partial charge in [-0.1, -0.05) is 49.7 Å². The Balaban J connectivity index is 1.69. The van der Waals surface area contributed by atoms with Crippen LogP contribution in [0, 0.1) is 18.7 Å². The Labute approximate surface area is 157 Å². The normalized spacial score (nSPS) is 20.3. The molecule has 0 spiro atoms. The van der Waals surface area contributed by atoms with E-state index in [-0.39, 0.29) is 5.82 Å². The molecular weight excluding hydrogens is 323 g/mol. The van der Waals surface area contributed by atoms with Gasteiger partial charge in [0, 0.05) is 12.2 Å². The van der Waals surface area contributed by atoms with Crippen LogP contribution < -0.4 is 0 Å². The van der Waals surface area contributed by atoms with Crippen molar-refractivity contribution in [3.63, 3.8) is 0 Å². The third kappa shape index (κ3) is 4.54. The van der Waals surface area contributed by atoms with E-state index >= 15 is 0 Å². The molecule has 3 rings (SSSR count). The van der Waals surface area contributed by atoms with E-state index in [1.807, 2.05) is 25.1 Å². The van der Waals surface area contributed by atoms with E-state index in [1.165, 1.54) is 12.0 Å². The summed E-state index contributed by atoms with van der Waals surface area (Å²) in [6.45, 7) is 7.09. The first kappa shape index (κ1) is 19.1. The summed E-state index contributed by atoms with van der Waals surface area (Å²) in [6, 6.07) is 12.4. The fourth-order valence-corrected chi connectivity index (χ4v) is 3.88. The summed E-state index contributed by atoms with van der Waals surface area (Å²) in [5.41, 5.74) is 4.92. The fraction of sp³-hybridized carbons (Fsp3) is 0.500. The first-order chi connectivity index (χ1) is 12.6. The predicted molar refractivity (Wildman–Crippen MR) is 107 cm³/mol. The van der Waals surface area contributed by atoms with Crippen LogP contribution in [0.3, 0.4) is 0 Å². The average Bonchev–Trinajstić information content (AvgIpc) is 2.65. The lowest BCUT2D eigenvalue weighted by molar-refractivity contribution is -0.00695. The van der Waals surface area contributed by atoms with Crippen LogP contribution in [0.5, 0.6) is 0 Å². The van der Waals surface area contributed by atoms with E-state index in [1.54, 1.807) is 0 Å². The molecule has 0 N–H and O–H groups in total. The molecule has 2 aromatic carbocycles. The standard InChI is InChI=1S/C24H31FO/c1-4-5-19-8-12-22(13-9-19)23-15-14-21(18(3)24(23)25)11-10-20-7-6-17(2)26-16-20/h8-9,12-15,17,20H,4-7,10-11,16H2,1-3H3. The van der Waals surface area contributed by atoms with Gasteiger partial charge < -0.3 is 4.74 Å². The largest absolute Gasteiger partial charge is 0.378 e. The van der Waals surface area contributed by atoms with Crippen molar-refractivity contribution in [2.24, 2.45) is 5.92 Å². The predicted octanol–water partition coefficient (Wildman–Crippen LogP) is 6.50. The van der Waals surface area contributed by atoms with E-state index in [4.69, 9.17) is 4.74 Å². The Kier molecular flexibility index (Phi) is 6.48. The number of hydrogen-bond acceptors (Lipinski definition) is 1. The molecular formula is C24H31FO. The summed E-state index contributed by atoms with van der Waals surface area (Å²) in [5, 5.41) is 0. The van der Waals surface area contributed by atoms with Crippen LogP contribution in [0.1, 0.15) is 56.2 Å². The molecule has 2 heteroatoms. The van der Waals surface area contributed by atoms with Gasteiger partial charge in [0.1, 0.15) is 5.82 Å². The van der Waals surface area contributed by atoms with Gasteiger partial charge in [0.15, 0.2) is 0 Å². The molecule has 0 bridgehead atoms. The zero-order valence-corrected chi connectivity index (χ0v) is 16.4. The van der Waals surface area contributed by atoms with Gasteiger partial charge in [-0.25, -0.2) is 4.39 Å². The van der Waals surface area contributed by atoms with E-state index in [0.717, 1.165) is 55.4 Å². The maximum absolute atomic E-state index is 15.0. The van der Waals surface area contributed by atoms with Gasteiger partial charge in [0.2, 0.25) is 0 Å². The first-order valence-electron chi connectivity index (χ1n) is 10.1. The smallest absolute Gasteiger partial charge is 0.134 e. The SMILES string of the molecule is CCCc1ccc(-c2ccc(CCC3CCC(C)OC3)c(C)c2F)cc1. The summed E-state index contributed by atoms with van der Waals surface area (Å²) in [7, 11) is 0. The van der Waals surface area contributed by atoms with Gasteiger partial charge in [-0.05, 0) is 74.1 Å². The van der Waals surface area contributed by atoms with E-state index in [9.17, 15) is 4.39 Å². The number of aryl methyl sites for hydroxylation is 2. The van der Waals surface area contributed by atoms with Gasteiger partial charge in [0.05, 0.1) is 6.10 Å². The Morgan fingerprint density at radius 3 is 2.46 bits per heavy atom. The molecule has 1 fully saturated rings. The van der Waals surface area contributed by atoms with Crippen LogP contribution in [-0.4, -0.2) is 12.7 Å². The van der Waals surface area contributed by atoms with Crippen LogP contribution in [-0.2, 0) is 17.6 Å². The van der Waals surface area contributed by atoms with Crippen LogP contribution >= 0.6 is 0 Å². The minimum absolute atomic E-state index is 0.0701. The molecule has 1 heterocycles. The number of rotatable bonds is 6. The second kappa shape index (κ2) is 8.81. The molecule has 2 unspecified atom stereocenters. The van der Waals surface area contributed by atoms with E-state index in [2.05, 4.69) is 32.0 Å². The molecule has 26 heavy (non-hydrogen) atoms. The third-order valence-corrected chi connectivity index (χ3v) is 5.72. The molecule has 0 aliphatic carbocycles. The lowest BCUT2D eigenvalue weighted by atomic mass is 9.90. The lowest BCUT2D eigenvalue weighted by Crippen LogP contribution is -2.23. The van der Waals surface area contributed by atoms with Gasteiger partial charge in [-0.3, -0.25) is 0 Å². The number of benzene rings is 2. The molecule has 2 aromatic rings. The number of hydrogen-bond donors (Lipinski definition) is 0. The highest BCUT2D eigenvalue weighted by molar-refractivity contribution is 5.66. The van der Waals surface area contributed by atoms with Crippen molar-refractivity contribution in [2.75, 3.05) is 6.61 Å². The number of halogens is 1. The molecule has 0 saturated carbocycles. The minimum atomic E-state index is -0.0701. The molecule has 2 atom stereocenters. The van der Waals surface area contributed by atoms with E-state index < -0.39 is 0 Å². The maximum Gasteiger partial charge on any atom is 0.134 e. The summed E-state index contributed by atoms with van der Waals surface area (Å²) >= 11 is 0. The second-order valence-corrected chi connectivity index (χ2v) is 7.78. The Bertz CT molecular complexity index is 712. The summed E-state index contributed by atoms with van der Waals surface area (Å²) < 4.78 is 20.8. The highest BCUT2D eigenvalue weighted by atomic mass is 19.1. The highest BCUT2D eigenvalue weighted by Gasteiger charge is 2.19. The first-order valence-corrected chi connectivity index (χ1v) is 10.1. The summed E-state index contributed by atoms with van der Waals surface area (Å²) in [6.07, 6.45) is 6.99. The second-order valence-electron chi connectivity index (χ2n) is 7.78. The van der Waals surface area contributed by atoms with Crippen molar-refractivity contribution in [3.8, 4) is 11.1 Å². The average molecular weight is 355 g/mol. The van der Waals surface area contributed by atoms with Gasteiger partial charge >= 0.3 is 0 Å². The third-order valence-electron chi connectivity index (χ3n) is 5.72. The molecule has 1 aliphatic rings. The van der Waals surface area contributed by atoms with Gasteiger partial charge in [0.25, 0.3) is 0 Å². The Hall–Kier alpha value is -1.67. The topological polar surface area (TPSA) is 9.23 Å². The summed E-state index contributed by atoms with van der Waals surface area (Å²) in [5.74, 6) is 0.540. The van der Waals surface area contributed by atoms with Gasteiger partial charge in [-0.15, -0.1) is 0 Å². The van der Waals surface area contributed by atoms with Crippen molar-refractivity contribution in [3.05, 3.63) is 58.9 Å². The van der Waals surface area contributed by atoms with Crippen LogP contribution in [0.25, 0.3) is 11.1 Å². The molecule has 0 amide bonds. The Morgan fingerprint density at radius 1 is 1.04 bits per heavy atom. The minimum Gasteiger partial charge on any atom is -0.378 e. The lowest BCUT2D eigenvalue weighted by Gasteiger charge is -2.27. The van der Waals surface area contributed by atoms with Crippen LogP contribution in [0.4, 0.5) is 4.39 Å². The highest BCUT2D eigenvalue weighted by Crippen LogP contribution is 2.29. The van der Waals surface area contributed by atoms with Crippen molar-refractivity contribution < 1.29 is 9.13 Å². The van der Waals surface area contributed by atoms with Crippen molar-refractivity contribution in [2.45, 2.75) is 65.4 Å². The molecule has 1 nitrogen and oxygen atoms in total. The van der Waals surface area contributed by atoms with Crippen LogP contribution in [0.15, 0.2) is 36.4 Å². The zero-order chi connectivity index (χ0) is 18.5. The zero-order valence-electron chi connectivity index (χ0n) is 16.4.